The van der Waals surface area contributed by atoms with Crippen molar-refractivity contribution in [3.63, 3.8) is 0 Å². The predicted octanol–water partition coefficient (Wildman–Crippen LogP) is 8.28. The number of benzene rings is 2. The number of aromatic nitrogens is 2. The van der Waals surface area contributed by atoms with Crippen LogP contribution in [0, 0.1) is 0 Å². The summed E-state index contributed by atoms with van der Waals surface area (Å²) in [5.74, 6) is 0.272. The smallest absolute Gasteiger partial charge is 0.141 e. The first-order chi connectivity index (χ1) is 16.9. The van der Waals surface area contributed by atoms with Gasteiger partial charge in [-0.1, -0.05) is 90.8 Å². The van der Waals surface area contributed by atoms with Crippen LogP contribution in [0.5, 0.6) is 11.5 Å². The molecule has 2 aromatic carbocycles. The lowest BCUT2D eigenvalue weighted by Crippen LogP contribution is -1.91. The molecule has 7 heteroatoms. The summed E-state index contributed by atoms with van der Waals surface area (Å²) in [7, 11) is 0. The SMILES string of the molecule is C.Oc1ccc(Cl)nc1C1=C(Cl)c2ccccc2C1.Oc1ccc(Cl)nc1C1=Cc2ccccc2C1. The van der Waals surface area contributed by atoms with Crippen molar-refractivity contribution >= 4 is 57.1 Å². The van der Waals surface area contributed by atoms with Gasteiger partial charge in [0.2, 0.25) is 0 Å². The zero-order valence-electron chi connectivity index (χ0n) is 18.3. The summed E-state index contributed by atoms with van der Waals surface area (Å²) in [6.07, 6.45) is 3.50. The van der Waals surface area contributed by atoms with Crippen LogP contribution in [0.4, 0.5) is 0 Å². The fourth-order valence-electron chi connectivity index (χ4n) is 4.25. The molecule has 0 saturated carbocycles. The van der Waals surface area contributed by atoms with Crippen molar-refractivity contribution < 1.29 is 10.2 Å². The number of nitrogens with zero attached hydrogens (tertiary/aromatic N) is 2. The molecular weight excluding hydrogens is 515 g/mol. The van der Waals surface area contributed by atoms with Crippen molar-refractivity contribution in [1.29, 1.82) is 0 Å². The van der Waals surface area contributed by atoms with Crippen molar-refractivity contribution in [2.45, 2.75) is 20.3 Å². The van der Waals surface area contributed by atoms with Gasteiger partial charge in [0.15, 0.2) is 0 Å². The summed E-state index contributed by atoms with van der Waals surface area (Å²) >= 11 is 18.1. The quantitative estimate of drug-likeness (QED) is 0.253. The highest BCUT2D eigenvalue weighted by molar-refractivity contribution is 6.53. The fourth-order valence-corrected chi connectivity index (χ4v) is 4.89. The Kier molecular flexibility index (Phi) is 7.70. The van der Waals surface area contributed by atoms with Gasteiger partial charge >= 0.3 is 0 Å². The minimum atomic E-state index is 0. The molecule has 0 unspecified atom stereocenters. The molecule has 0 aliphatic heterocycles. The van der Waals surface area contributed by atoms with E-state index in [1.807, 2.05) is 42.5 Å². The van der Waals surface area contributed by atoms with Gasteiger partial charge in [0.05, 0.1) is 5.03 Å². The zero-order valence-corrected chi connectivity index (χ0v) is 20.6. The van der Waals surface area contributed by atoms with E-state index in [-0.39, 0.29) is 18.9 Å². The minimum Gasteiger partial charge on any atom is -0.506 e. The third-order valence-electron chi connectivity index (χ3n) is 5.92. The first-order valence-corrected chi connectivity index (χ1v) is 12.0. The van der Waals surface area contributed by atoms with Crippen LogP contribution >= 0.6 is 34.8 Å². The van der Waals surface area contributed by atoms with E-state index in [1.54, 1.807) is 18.2 Å². The number of hydrogen-bond donors (Lipinski definition) is 2. The molecule has 2 heterocycles. The summed E-state index contributed by atoms with van der Waals surface area (Å²) in [4.78, 5) is 8.35. The second-order valence-electron chi connectivity index (χ2n) is 8.18. The maximum absolute atomic E-state index is 9.88. The number of aromatic hydroxyl groups is 2. The van der Waals surface area contributed by atoms with Crippen LogP contribution in [0.15, 0.2) is 72.8 Å². The van der Waals surface area contributed by atoms with Gasteiger partial charge in [-0.3, -0.25) is 0 Å². The number of allylic oxidation sites excluding steroid dienone is 2. The summed E-state index contributed by atoms with van der Waals surface area (Å²) in [6.45, 7) is 0. The van der Waals surface area contributed by atoms with E-state index in [9.17, 15) is 10.2 Å². The van der Waals surface area contributed by atoms with E-state index in [0.717, 1.165) is 28.7 Å². The lowest BCUT2D eigenvalue weighted by molar-refractivity contribution is 0.470. The van der Waals surface area contributed by atoms with Crippen LogP contribution in [-0.4, -0.2) is 20.2 Å². The monoisotopic (exact) mass is 536 g/mol. The van der Waals surface area contributed by atoms with Gasteiger partial charge in [-0.25, -0.2) is 9.97 Å². The predicted molar refractivity (Wildman–Crippen MR) is 149 cm³/mol. The molecule has 2 aliphatic rings. The molecule has 2 N–H and O–H groups in total. The van der Waals surface area contributed by atoms with Crippen molar-refractivity contribution in [3.8, 4) is 11.5 Å². The van der Waals surface area contributed by atoms with E-state index in [4.69, 9.17) is 34.8 Å². The highest BCUT2D eigenvalue weighted by Crippen LogP contribution is 2.42. The normalized spacial score (nSPS) is 13.2. The van der Waals surface area contributed by atoms with Gasteiger partial charge in [-0.2, -0.15) is 0 Å². The van der Waals surface area contributed by atoms with Crippen LogP contribution in [0.1, 0.15) is 41.1 Å². The molecule has 0 bridgehead atoms. The molecule has 0 fully saturated rings. The van der Waals surface area contributed by atoms with Crippen LogP contribution in [0.25, 0.3) is 22.3 Å². The Hall–Kier alpha value is -3.31. The van der Waals surface area contributed by atoms with Crippen LogP contribution in [0.2, 0.25) is 10.3 Å². The number of hydrogen-bond acceptors (Lipinski definition) is 4. The molecule has 0 saturated heterocycles. The highest BCUT2D eigenvalue weighted by atomic mass is 35.5. The largest absolute Gasteiger partial charge is 0.506 e. The zero-order chi connectivity index (χ0) is 24.5. The van der Waals surface area contributed by atoms with Gasteiger partial charge in [0.25, 0.3) is 0 Å². The van der Waals surface area contributed by atoms with Crippen LogP contribution < -0.4 is 0 Å². The Morgan fingerprint density at radius 1 is 0.639 bits per heavy atom. The third-order valence-corrected chi connectivity index (χ3v) is 6.77. The Bertz CT molecular complexity index is 1510. The lowest BCUT2D eigenvalue weighted by atomic mass is 10.1. The van der Waals surface area contributed by atoms with E-state index in [1.165, 1.54) is 17.2 Å². The second kappa shape index (κ2) is 10.8. The number of fused-ring (bicyclic) bond motifs is 2. The Balaban J connectivity index is 0.000000165. The number of pyridine rings is 2. The summed E-state index contributed by atoms with van der Waals surface area (Å²) in [5.41, 5.74) is 7.43. The molecule has 0 amide bonds. The standard InChI is InChI=1S/C14H9Cl2NO.C14H10ClNO.CH4/c15-12-6-5-11(18)14(17-12)10-7-8-3-1-2-4-9(8)13(10)16;15-13-6-5-12(17)14(16-13)11-7-9-3-1-2-4-10(9)8-11;/h1-6,18H,7H2;1-7,17H,8H2;1H4. The Morgan fingerprint density at radius 3 is 1.89 bits per heavy atom. The molecule has 36 heavy (non-hydrogen) atoms. The number of rotatable bonds is 2. The Morgan fingerprint density at radius 2 is 1.22 bits per heavy atom. The maximum atomic E-state index is 9.88. The fraction of sp³-hybridized carbons (Fsp3) is 0.103. The van der Waals surface area contributed by atoms with E-state index in [2.05, 4.69) is 22.1 Å². The molecule has 182 valence electrons. The van der Waals surface area contributed by atoms with E-state index in [0.29, 0.717) is 33.1 Å². The second-order valence-corrected chi connectivity index (χ2v) is 9.33. The molecule has 4 nitrogen and oxygen atoms in total. The van der Waals surface area contributed by atoms with Crippen molar-refractivity contribution in [2.24, 2.45) is 0 Å². The minimum absolute atomic E-state index is 0. The molecule has 6 rings (SSSR count). The van der Waals surface area contributed by atoms with Gasteiger partial charge in [-0.05, 0) is 58.2 Å². The third kappa shape index (κ3) is 5.12. The van der Waals surface area contributed by atoms with E-state index >= 15 is 0 Å². The maximum Gasteiger partial charge on any atom is 0.141 e. The summed E-state index contributed by atoms with van der Waals surface area (Å²) in [5, 5.41) is 21.1. The highest BCUT2D eigenvalue weighted by Gasteiger charge is 2.24. The summed E-state index contributed by atoms with van der Waals surface area (Å²) in [6, 6.07) is 22.3. The van der Waals surface area contributed by atoms with Gasteiger partial charge in [0.1, 0.15) is 33.2 Å². The van der Waals surface area contributed by atoms with Gasteiger partial charge in [-0.15, -0.1) is 0 Å². The first-order valence-electron chi connectivity index (χ1n) is 10.9. The molecule has 0 radical (unpaired) electrons. The van der Waals surface area contributed by atoms with Crippen molar-refractivity contribution in [2.75, 3.05) is 0 Å². The Labute approximate surface area is 225 Å². The molecule has 4 aromatic rings. The number of halogens is 3. The lowest BCUT2D eigenvalue weighted by Gasteiger charge is -2.05. The molecular formula is C29H23Cl3N2O2. The van der Waals surface area contributed by atoms with Crippen molar-refractivity contribution in [1.82, 2.24) is 9.97 Å². The summed E-state index contributed by atoms with van der Waals surface area (Å²) < 4.78 is 0. The average molecular weight is 538 g/mol. The molecule has 2 aliphatic carbocycles. The van der Waals surface area contributed by atoms with Crippen molar-refractivity contribution in [3.05, 3.63) is 117 Å². The van der Waals surface area contributed by atoms with Gasteiger partial charge in [0, 0.05) is 18.4 Å². The van der Waals surface area contributed by atoms with Crippen LogP contribution in [-0.2, 0) is 12.8 Å². The van der Waals surface area contributed by atoms with E-state index < -0.39 is 0 Å². The topological polar surface area (TPSA) is 66.2 Å². The van der Waals surface area contributed by atoms with Crippen LogP contribution in [0.3, 0.4) is 0 Å². The van der Waals surface area contributed by atoms with Gasteiger partial charge < -0.3 is 10.2 Å². The molecule has 2 aromatic heterocycles. The molecule has 0 atom stereocenters. The average Bonchev–Trinajstić information content (AvgIpc) is 3.44. The first kappa shape index (κ1) is 25.8. The molecule has 0 spiro atoms.